The molecule has 0 aliphatic carbocycles. The lowest BCUT2D eigenvalue weighted by Gasteiger charge is -2.12. The summed E-state index contributed by atoms with van der Waals surface area (Å²) in [5.74, 6) is 0.749. The molecule has 7 heteroatoms. The molecule has 116 valence electrons. The highest BCUT2D eigenvalue weighted by Gasteiger charge is 2.19. The standard InChI is InChI=1S/C14H23N5O2/c1-9(2)19-12-11(13(20)17(4)14(19)21)18(10(3)16-12)8-6-5-7-15/h9H,5-8,15H2,1-4H3. The summed E-state index contributed by atoms with van der Waals surface area (Å²) < 4.78 is 4.62. The van der Waals surface area contributed by atoms with E-state index >= 15 is 0 Å². The fourth-order valence-corrected chi connectivity index (χ4v) is 2.58. The monoisotopic (exact) mass is 293 g/mol. The quantitative estimate of drug-likeness (QED) is 0.814. The Kier molecular flexibility index (Phi) is 4.32. The maximum atomic E-state index is 12.5. The number of rotatable bonds is 5. The molecule has 0 saturated carbocycles. The lowest BCUT2D eigenvalue weighted by atomic mass is 10.3. The summed E-state index contributed by atoms with van der Waals surface area (Å²) in [6.45, 7) is 6.99. The zero-order valence-corrected chi connectivity index (χ0v) is 13.1. The molecule has 2 aromatic rings. The van der Waals surface area contributed by atoms with Gasteiger partial charge in [-0.15, -0.1) is 0 Å². The third-order valence-electron chi connectivity index (χ3n) is 3.72. The van der Waals surface area contributed by atoms with Gasteiger partial charge in [0, 0.05) is 19.6 Å². The summed E-state index contributed by atoms with van der Waals surface area (Å²) in [5.41, 5.74) is 5.88. The van der Waals surface area contributed by atoms with Crippen molar-refractivity contribution in [2.75, 3.05) is 6.54 Å². The first kappa shape index (κ1) is 15.5. The van der Waals surface area contributed by atoms with E-state index in [0.717, 1.165) is 23.2 Å². The van der Waals surface area contributed by atoms with Crippen LogP contribution in [0.5, 0.6) is 0 Å². The van der Waals surface area contributed by atoms with Gasteiger partial charge in [-0.3, -0.25) is 13.9 Å². The maximum Gasteiger partial charge on any atom is 0.332 e. The van der Waals surface area contributed by atoms with Crippen molar-refractivity contribution in [3.63, 3.8) is 0 Å². The first-order valence-electron chi connectivity index (χ1n) is 7.28. The second-order valence-electron chi connectivity index (χ2n) is 5.59. The lowest BCUT2D eigenvalue weighted by Crippen LogP contribution is -2.39. The lowest BCUT2D eigenvalue weighted by molar-refractivity contribution is 0.550. The molecule has 0 saturated heterocycles. The second kappa shape index (κ2) is 5.85. The van der Waals surface area contributed by atoms with Gasteiger partial charge >= 0.3 is 5.69 Å². The summed E-state index contributed by atoms with van der Waals surface area (Å²) in [6.07, 6.45) is 1.77. The van der Waals surface area contributed by atoms with Gasteiger partial charge in [-0.1, -0.05) is 0 Å². The van der Waals surface area contributed by atoms with Gasteiger partial charge < -0.3 is 10.3 Å². The Morgan fingerprint density at radius 3 is 2.48 bits per heavy atom. The molecule has 2 rings (SSSR count). The van der Waals surface area contributed by atoms with Crippen molar-refractivity contribution in [3.05, 3.63) is 26.7 Å². The number of aryl methyl sites for hydroxylation is 2. The fourth-order valence-electron chi connectivity index (χ4n) is 2.58. The molecule has 0 amide bonds. The number of unbranched alkanes of at least 4 members (excludes halogenated alkanes) is 1. The topological polar surface area (TPSA) is 87.8 Å². The van der Waals surface area contributed by atoms with Crippen LogP contribution in [0.25, 0.3) is 11.2 Å². The largest absolute Gasteiger partial charge is 0.332 e. The summed E-state index contributed by atoms with van der Waals surface area (Å²) in [7, 11) is 1.51. The molecule has 7 nitrogen and oxygen atoms in total. The minimum atomic E-state index is -0.325. The van der Waals surface area contributed by atoms with E-state index in [1.807, 2.05) is 25.3 Å². The molecule has 2 N–H and O–H groups in total. The number of hydrogen-bond donors (Lipinski definition) is 1. The van der Waals surface area contributed by atoms with Gasteiger partial charge in [0.2, 0.25) is 0 Å². The molecular weight excluding hydrogens is 270 g/mol. The van der Waals surface area contributed by atoms with Crippen molar-refractivity contribution in [3.8, 4) is 0 Å². The van der Waals surface area contributed by atoms with Gasteiger partial charge in [0.1, 0.15) is 5.82 Å². The summed E-state index contributed by atoms with van der Waals surface area (Å²) >= 11 is 0. The number of nitrogens with zero attached hydrogens (tertiary/aromatic N) is 4. The molecule has 0 aliphatic rings. The Morgan fingerprint density at radius 2 is 1.90 bits per heavy atom. The van der Waals surface area contributed by atoms with Gasteiger partial charge in [0.15, 0.2) is 11.2 Å². The van der Waals surface area contributed by atoms with Gasteiger partial charge in [0.05, 0.1) is 0 Å². The van der Waals surface area contributed by atoms with Crippen LogP contribution in [0, 0.1) is 6.92 Å². The Labute approximate surface area is 123 Å². The van der Waals surface area contributed by atoms with Crippen molar-refractivity contribution in [1.82, 2.24) is 18.7 Å². The summed E-state index contributed by atoms with van der Waals surface area (Å²) in [4.78, 5) is 29.2. The van der Waals surface area contributed by atoms with Crippen molar-refractivity contribution >= 4 is 11.2 Å². The number of imidazole rings is 1. The molecule has 0 fully saturated rings. The van der Waals surface area contributed by atoms with Crippen LogP contribution in [-0.2, 0) is 13.6 Å². The molecular formula is C14H23N5O2. The third kappa shape index (κ3) is 2.53. The molecule has 0 unspecified atom stereocenters. The minimum absolute atomic E-state index is 0.0569. The average Bonchev–Trinajstić information content (AvgIpc) is 2.73. The maximum absolute atomic E-state index is 12.5. The van der Waals surface area contributed by atoms with E-state index in [4.69, 9.17) is 5.73 Å². The zero-order valence-electron chi connectivity index (χ0n) is 13.1. The summed E-state index contributed by atoms with van der Waals surface area (Å²) in [6, 6.07) is -0.0569. The molecule has 0 atom stereocenters. The van der Waals surface area contributed by atoms with E-state index in [9.17, 15) is 9.59 Å². The van der Waals surface area contributed by atoms with E-state index in [2.05, 4.69) is 4.98 Å². The fraction of sp³-hybridized carbons (Fsp3) is 0.643. The molecule has 2 aromatic heterocycles. The predicted molar refractivity (Wildman–Crippen MR) is 82.6 cm³/mol. The van der Waals surface area contributed by atoms with Gasteiger partial charge in [-0.05, 0) is 40.2 Å². The molecule has 0 aromatic carbocycles. The Bertz CT molecular complexity index is 766. The minimum Gasteiger partial charge on any atom is -0.330 e. The van der Waals surface area contributed by atoms with Crippen molar-refractivity contribution < 1.29 is 0 Å². The normalized spacial score (nSPS) is 11.7. The van der Waals surface area contributed by atoms with Crippen LogP contribution in [0.2, 0.25) is 0 Å². The number of hydrogen-bond acceptors (Lipinski definition) is 4. The average molecular weight is 293 g/mol. The van der Waals surface area contributed by atoms with Crippen molar-refractivity contribution in [2.24, 2.45) is 12.8 Å². The van der Waals surface area contributed by atoms with Crippen molar-refractivity contribution in [1.29, 1.82) is 0 Å². The predicted octanol–water partition coefficient (Wildman–Crippen LogP) is 0.525. The van der Waals surface area contributed by atoms with E-state index in [-0.39, 0.29) is 17.3 Å². The van der Waals surface area contributed by atoms with Gasteiger partial charge in [-0.2, -0.15) is 0 Å². The van der Waals surface area contributed by atoms with Crippen LogP contribution >= 0.6 is 0 Å². The highest BCUT2D eigenvalue weighted by Crippen LogP contribution is 2.15. The van der Waals surface area contributed by atoms with Crippen LogP contribution in [0.15, 0.2) is 9.59 Å². The molecule has 2 heterocycles. The molecule has 0 spiro atoms. The third-order valence-corrected chi connectivity index (χ3v) is 3.72. The first-order valence-corrected chi connectivity index (χ1v) is 7.28. The number of fused-ring (bicyclic) bond motifs is 1. The highest BCUT2D eigenvalue weighted by molar-refractivity contribution is 5.71. The molecule has 0 aliphatic heterocycles. The van der Waals surface area contributed by atoms with Crippen molar-refractivity contribution in [2.45, 2.75) is 46.2 Å². The highest BCUT2D eigenvalue weighted by atomic mass is 16.2. The number of aromatic nitrogens is 4. The van der Waals surface area contributed by atoms with Crippen LogP contribution in [0.1, 0.15) is 38.6 Å². The van der Waals surface area contributed by atoms with Gasteiger partial charge in [-0.25, -0.2) is 9.78 Å². The van der Waals surface area contributed by atoms with Crippen LogP contribution < -0.4 is 17.0 Å². The zero-order chi connectivity index (χ0) is 15.7. The van der Waals surface area contributed by atoms with E-state index < -0.39 is 0 Å². The smallest absolute Gasteiger partial charge is 0.330 e. The Hall–Kier alpha value is -1.89. The van der Waals surface area contributed by atoms with Crippen LogP contribution in [-0.4, -0.2) is 25.2 Å². The summed E-state index contributed by atoms with van der Waals surface area (Å²) in [5, 5.41) is 0. The SMILES string of the molecule is Cc1nc2c(c(=O)n(C)c(=O)n2C(C)C)n1CCCCN. The number of nitrogens with two attached hydrogens (primary N) is 1. The molecule has 0 bridgehead atoms. The van der Waals surface area contributed by atoms with Crippen LogP contribution in [0.3, 0.4) is 0 Å². The molecule has 21 heavy (non-hydrogen) atoms. The Morgan fingerprint density at radius 1 is 1.24 bits per heavy atom. The first-order chi connectivity index (χ1) is 9.90. The van der Waals surface area contributed by atoms with E-state index in [1.54, 1.807) is 4.57 Å². The molecule has 0 radical (unpaired) electrons. The second-order valence-corrected chi connectivity index (χ2v) is 5.59. The Balaban J connectivity index is 2.76. The van der Waals surface area contributed by atoms with Crippen LogP contribution in [0.4, 0.5) is 0 Å². The van der Waals surface area contributed by atoms with Gasteiger partial charge in [0.25, 0.3) is 5.56 Å². The van der Waals surface area contributed by atoms with E-state index in [0.29, 0.717) is 24.3 Å². The van der Waals surface area contributed by atoms with E-state index in [1.165, 1.54) is 7.05 Å².